The van der Waals surface area contributed by atoms with Crippen LogP contribution in [-0.4, -0.2) is 0 Å². The van der Waals surface area contributed by atoms with E-state index in [2.05, 4.69) is 0 Å². The SMILES string of the molecule is ClCc1ccc(Cl)cc1C(Cl)(Cl)Cl. The summed E-state index contributed by atoms with van der Waals surface area (Å²) in [7, 11) is 0. The summed E-state index contributed by atoms with van der Waals surface area (Å²) in [6.45, 7) is 0. The molecule has 0 fully saturated rings. The molecule has 0 radical (unpaired) electrons. The van der Waals surface area contributed by atoms with Crippen molar-refractivity contribution in [1.29, 1.82) is 0 Å². The number of hydrogen-bond acceptors (Lipinski definition) is 0. The predicted molar refractivity (Wildman–Crippen MR) is 60.2 cm³/mol. The van der Waals surface area contributed by atoms with Gasteiger partial charge in [0.1, 0.15) is 0 Å². The Morgan fingerprint density at radius 1 is 1.15 bits per heavy atom. The first kappa shape index (κ1) is 11.7. The summed E-state index contributed by atoms with van der Waals surface area (Å²) in [6, 6.07) is 5.05. The largest absolute Gasteiger partial charge is 0.216 e. The molecule has 0 nitrogen and oxygen atoms in total. The molecule has 0 atom stereocenters. The van der Waals surface area contributed by atoms with E-state index in [4.69, 9.17) is 58.0 Å². The van der Waals surface area contributed by atoms with Crippen molar-refractivity contribution in [2.45, 2.75) is 9.67 Å². The van der Waals surface area contributed by atoms with Gasteiger partial charge in [-0.1, -0.05) is 52.5 Å². The molecule has 72 valence electrons. The summed E-state index contributed by atoms with van der Waals surface area (Å²) in [4.78, 5) is 0. The monoisotopic (exact) mass is 276 g/mol. The van der Waals surface area contributed by atoms with Crippen LogP contribution in [0.15, 0.2) is 18.2 Å². The van der Waals surface area contributed by atoms with Gasteiger partial charge in [-0.25, -0.2) is 0 Å². The maximum absolute atomic E-state index is 5.76. The molecule has 0 aliphatic rings. The third-order valence-corrected chi connectivity index (χ3v) is 2.66. The van der Waals surface area contributed by atoms with E-state index in [1.807, 2.05) is 0 Å². The van der Waals surface area contributed by atoms with Gasteiger partial charge in [-0.2, -0.15) is 0 Å². The van der Waals surface area contributed by atoms with E-state index in [0.29, 0.717) is 16.5 Å². The molecule has 0 saturated carbocycles. The van der Waals surface area contributed by atoms with Crippen molar-refractivity contribution >= 4 is 58.0 Å². The second-order valence-corrected chi connectivity index (χ2v) is 5.42. The Bertz CT molecular complexity index is 302. The van der Waals surface area contributed by atoms with Gasteiger partial charge in [-0.3, -0.25) is 0 Å². The first-order valence-electron chi connectivity index (χ1n) is 3.36. The molecule has 0 aliphatic carbocycles. The minimum absolute atomic E-state index is 0.292. The zero-order valence-electron chi connectivity index (χ0n) is 6.33. The lowest BCUT2D eigenvalue weighted by molar-refractivity contribution is 1.17. The van der Waals surface area contributed by atoms with Gasteiger partial charge in [-0.15, -0.1) is 11.6 Å². The smallest absolute Gasteiger partial charge is 0.122 e. The first-order chi connectivity index (χ1) is 5.95. The zero-order valence-corrected chi connectivity index (χ0v) is 10.1. The molecule has 0 spiro atoms. The normalized spacial score (nSPS) is 11.8. The summed E-state index contributed by atoms with van der Waals surface area (Å²) < 4.78 is -1.48. The molecule has 0 amide bonds. The van der Waals surface area contributed by atoms with E-state index in [1.54, 1.807) is 18.2 Å². The Kier molecular flexibility index (Phi) is 4.03. The molecule has 0 saturated heterocycles. The number of alkyl halides is 4. The number of hydrogen-bond donors (Lipinski definition) is 0. The quantitative estimate of drug-likeness (QED) is 0.641. The highest BCUT2D eigenvalue weighted by molar-refractivity contribution is 6.66. The molecule has 0 unspecified atom stereocenters. The predicted octanol–water partition coefficient (Wildman–Crippen LogP) is 4.91. The Labute approximate surface area is 102 Å². The highest BCUT2D eigenvalue weighted by atomic mass is 35.6. The highest BCUT2D eigenvalue weighted by Gasteiger charge is 2.25. The fourth-order valence-electron chi connectivity index (χ4n) is 0.929. The van der Waals surface area contributed by atoms with Crippen LogP contribution in [0.1, 0.15) is 11.1 Å². The van der Waals surface area contributed by atoms with E-state index in [9.17, 15) is 0 Å². The van der Waals surface area contributed by atoms with Gasteiger partial charge >= 0.3 is 0 Å². The lowest BCUT2D eigenvalue weighted by Gasteiger charge is -2.15. The molecule has 1 rings (SSSR count). The number of rotatable bonds is 1. The van der Waals surface area contributed by atoms with Crippen molar-refractivity contribution < 1.29 is 0 Å². The molecule has 5 heteroatoms. The van der Waals surface area contributed by atoms with Crippen molar-refractivity contribution in [3.63, 3.8) is 0 Å². The van der Waals surface area contributed by atoms with E-state index in [0.717, 1.165) is 5.56 Å². The minimum atomic E-state index is -1.48. The van der Waals surface area contributed by atoms with Crippen molar-refractivity contribution in [2.75, 3.05) is 0 Å². The van der Waals surface area contributed by atoms with Gasteiger partial charge in [-0.05, 0) is 17.7 Å². The molecular weight excluding hydrogens is 273 g/mol. The minimum Gasteiger partial charge on any atom is -0.122 e. The number of benzene rings is 1. The summed E-state index contributed by atoms with van der Waals surface area (Å²) in [5.41, 5.74) is 1.30. The second-order valence-electron chi connectivity index (χ2n) is 2.43. The molecule has 0 aliphatic heterocycles. The van der Waals surface area contributed by atoms with Gasteiger partial charge in [0, 0.05) is 16.5 Å². The lowest BCUT2D eigenvalue weighted by atomic mass is 10.1. The maximum Gasteiger partial charge on any atom is 0.216 e. The Morgan fingerprint density at radius 2 is 1.77 bits per heavy atom. The van der Waals surface area contributed by atoms with Gasteiger partial charge < -0.3 is 0 Å². The van der Waals surface area contributed by atoms with Crippen LogP contribution in [-0.2, 0) is 9.67 Å². The molecule has 0 bridgehead atoms. The average Bonchev–Trinajstić information content (AvgIpc) is 2.03. The molecule has 0 N–H and O–H groups in total. The van der Waals surface area contributed by atoms with Crippen LogP contribution in [0.4, 0.5) is 0 Å². The molecule has 13 heavy (non-hydrogen) atoms. The van der Waals surface area contributed by atoms with E-state index in [-0.39, 0.29) is 0 Å². The second kappa shape index (κ2) is 4.46. The summed E-state index contributed by atoms with van der Waals surface area (Å²) >= 11 is 28.6. The van der Waals surface area contributed by atoms with Crippen molar-refractivity contribution in [1.82, 2.24) is 0 Å². The highest BCUT2D eigenvalue weighted by Crippen LogP contribution is 2.41. The van der Waals surface area contributed by atoms with Crippen molar-refractivity contribution in [2.24, 2.45) is 0 Å². The topological polar surface area (TPSA) is 0 Å². The standard InChI is InChI=1S/C8H5Cl5/c9-4-5-1-2-6(10)3-7(5)8(11,12)13/h1-3H,4H2. The number of halogens is 5. The lowest BCUT2D eigenvalue weighted by Crippen LogP contribution is -2.04. The van der Waals surface area contributed by atoms with Gasteiger partial charge in [0.15, 0.2) is 0 Å². The van der Waals surface area contributed by atoms with Crippen LogP contribution < -0.4 is 0 Å². The Balaban J connectivity index is 3.24. The van der Waals surface area contributed by atoms with E-state index < -0.39 is 3.79 Å². The fourth-order valence-corrected chi connectivity index (χ4v) is 1.86. The van der Waals surface area contributed by atoms with Crippen LogP contribution in [0, 0.1) is 0 Å². The van der Waals surface area contributed by atoms with E-state index in [1.165, 1.54) is 0 Å². The van der Waals surface area contributed by atoms with Crippen LogP contribution in [0.25, 0.3) is 0 Å². The van der Waals surface area contributed by atoms with Gasteiger partial charge in [0.05, 0.1) is 0 Å². The summed E-state index contributed by atoms with van der Waals surface area (Å²) in [5.74, 6) is 0.292. The molecule has 1 aromatic rings. The third kappa shape index (κ3) is 3.07. The van der Waals surface area contributed by atoms with E-state index >= 15 is 0 Å². The average molecular weight is 278 g/mol. The molecule has 0 aromatic heterocycles. The Hall–Kier alpha value is 0.670. The van der Waals surface area contributed by atoms with Crippen molar-refractivity contribution in [3.05, 3.63) is 34.3 Å². The summed E-state index contributed by atoms with van der Waals surface area (Å²) in [5, 5.41) is 0.523. The maximum atomic E-state index is 5.76. The van der Waals surface area contributed by atoms with Crippen LogP contribution in [0.5, 0.6) is 0 Å². The van der Waals surface area contributed by atoms with Gasteiger partial charge in [0.2, 0.25) is 3.79 Å². The molecule has 0 heterocycles. The first-order valence-corrected chi connectivity index (χ1v) is 5.41. The zero-order chi connectivity index (χ0) is 10.1. The summed E-state index contributed by atoms with van der Waals surface area (Å²) in [6.07, 6.45) is 0. The fraction of sp³-hybridized carbons (Fsp3) is 0.250. The van der Waals surface area contributed by atoms with Gasteiger partial charge in [0.25, 0.3) is 0 Å². The van der Waals surface area contributed by atoms with Crippen LogP contribution in [0.2, 0.25) is 5.02 Å². The molecular formula is C8H5Cl5. The Morgan fingerprint density at radius 3 is 2.23 bits per heavy atom. The van der Waals surface area contributed by atoms with Crippen LogP contribution in [0.3, 0.4) is 0 Å². The molecule has 1 aromatic carbocycles. The van der Waals surface area contributed by atoms with Crippen LogP contribution >= 0.6 is 58.0 Å². The van der Waals surface area contributed by atoms with Crippen molar-refractivity contribution in [3.8, 4) is 0 Å². The third-order valence-electron chi connectivity index (χ3n) is 1.52.